The maximum Gasteiger partial charge on any atom is 0.259 e. The molecule has 4 aliphatic rings. The molecule has 0 saturated heterocycles. The van der Waals surface area contributed by atoms with Gasteiger partial charge in [0.1, 0.15) is 0 Å². The van der Waals surface area contributed by atoms with Crippen molar-refractivity contribution in [3.63, 3.8) is 0 Å². The Bertz CT molecular complexity index is 971. The van der Waals surface area contributed by atoms with E-state index in [9.17, 15) is 4.79 Å². The first-order valence-electron chi connectivity index (χ1n) is 11.2. The van der Waals surface area contributed by atoms with Crippen molar-refractivity contribution in [1.82, 2.24) is 14.7 Å². The molecule has 5 nitrogen and oxygen atoms in total. The summed E-state index contributed by atoms with van der Waals surface area (Å²) in [5.74, 6) is 1.000. The van der Waals surface area contributed by atoms with Crippen LogP contribution in [0.2, 0.25) is 0 Å². The average Bonchev–Trinajstić information content (AvgIpc) is 3.27. The summed E-state index contributed by atoms with van der Waals surface area (Å²) < 4.78 is 0. The Labute approximate surface area is 179 Å². The van der Waals surface area contributed by atoms with Crippen LogP contribution in [0.4, 0.5) is 0 Å². The molecule has 1 aromatic rings. The fraction of sp³-hybridized carbons (Fsp3) is 0.440. The van der Waals surface area contributed by atoms with Gasteiger partial charge >= 0.3 is 0 Å². The molecule has 156 valence electrons. The number of allylic oxidation sites excluding steroid dienone is 3. The highest BCUT2D eigenvalue weighted by Gasteiger charge is 2.40. The third-order valence-electron chi connectivity index (χ3n) is 6.66. The lowest BCUT2D eigenvalue weighted by atomic mass is 9.99. The van der Waals surface area contributed by atoms with Crippen molar-refractivity contribution >= 4 is 11.9 Å². The molecule has 0 fully saturated rings. The highest BCUT2D eigenvalue weighted by molar-refractivity contribution is 6.09. The number of benzene rings is 1. The van der Waals surface area contributed by atoms with Gasteiger partial charge in [0.25, 0.3) is 5.91 Å². The van der Waals surface area contributed by atoms with E-state index >= 15 is 0 Å². The quantitative estimate of drug-likeness (QED) is 0.755. The molecule has 0 unspecified atom stereocenters. The molecule has 1 aromatic carbocycles. The maximum absolute atomic E-state index is 13.6. The van der Waals surface area contributed by atoms with E-state index in [0.717, 1.165) is 69.9 Å². The number of rotatable bonds is 5. The lowest BCUT2D eigenvalue weighted by molar-refractivity contribution is -0.125. The van der Waals surface area contributed by atoms with Gasteiger partial charge in [0.15, 0.2) is 0 Å². The fourth-order valence-electron chi connectivity index (χ4n) is 4.91. The molecule has 0 atom stereocenters. The third-order valence-corrected chi connectivity index (χ3v) is 6.66. The van der Waals surface area contributed by atoms with Crippen LogP contribution >= 0.6 is 0 Å². The lowest BCUT2D eigenvalue weighted by Gasteiger charge is -2.42. The van der Waals surface area contributed by atoms with Crippen molar-refractivity contribution in [3.8, 4) is 0 Å². The van der Waals surface area contributed by atoms with Crippen molar-refractivity contribution in [1.29, 1.82) is 0 Å². The second-order valence-electron chi connectivity index (χ2n) is 8.61. The Morgan fingerprint density at radius 1 is 1.13 bits per heavy atom. The molecule has 5 heteroatoms. The van der Waals surface area contributed by atoms with Gasteiger partial charge in [0, 0.05) is 38.3 Å². The molecular formula is C25H30N4O. The summed E-state index contributed by atoms with van der Waals surface area (Å²) >= 11 is 0. The number of carbonyl (C=O) groups is 1. The van der Waals surface area contributed by atoms with E-state index in [1.54, 1.807) is 0 Å². The van der Waals surface area contributed by atoms with E-state index in [2.05, 4.69) is 47.1 Å². The Morgan fingerprint density at radius 3 is 2.87 bits per heavy atom. The first-order valence-corrected chi connectivity index (χ1v) is 11.2. The van der Waals surface area contributed by atoms with Gasteiger partial charge in [-0.05, 0) is 37.3 Å². The first kappa shape index (κ1) is 19.3. The van der Waals surface area contributed by atoms with Crippen molar-refractivity contribution in [3.05, 3.63) is 70.5 Å². The zero-order chi connectivity index (χ0) is 20.5. The molecule has 5 rings (SSSR count). The molecule has 1 amide bonds. The Morgan fingerprint density at radius 2 is 2.03 bits per heavy atom. The van der Waals surface area contributed by atoms with Crippen LogP contribution in [0.5, 0.6) is 0 Å². The number of guanidine groups is 1. The number of hydrogen-bond acceptors (Lipinski definition) is 4. The van der Waals surface area contributed by atoms with Gasteiger partial charge in [0.2, 0.25) is 5.96 Å². The Kier molecular flexibility index (Phi) is 5.30. The highest BCUT2D eigenvalue weighted by Crippen LogP contribution is 2.32. The summed E-state index contributed by atoms with van der Waals surface area (Å²) in [5.41, 5.74) is 6.03. The molecule has 0 radical (unpaired) electrons. The van der Waals surface area contributed by atoms with Crippen LogP contribution in [0.15, 0.2) is 64.3 Å². The predicted octanol–water partition coefficient (Wildman–Crippen LogP) is 3.64. The number of fused-ring (bicyclic) bond motifs is 2. The van der Waals surface area contributed by atoms with E-state index in [1.165, 1.54) is 22.4 Å². The summed E-state index contributed by atoms with van der Waals surface area (Å²) in [5, 5.41) is 0. The number of amides is 1. The predicted molar refractivity (Wildman–Crippen MR) is 120 cm³/mol. The Balaban J connectivity index is 1.35. The minimum Gasteiger partial charge on any atom is -0.314 e. The van der Waals surface area contributed by atoms with Crippen LogP contribution in [-0.2, 0) is 11.3 Å². The zero-order valence-corrected chi connectivity index (χ0v) is 17.8. The van der Waals surface area contributed by atoms with Gasteiger partial charge in [0.05, 0.1) is 18.7 Å². The molecule has 3 aliphatic heterocycles. The summed E-state index contributed by atoms with van der Waals surface area (Å²) in [6.45, 7) is 7.15. The summed E-state index contributed by atoms with van der Waals surface area (Å²) in [7, 11) is 0. The number of aryl methyl sites for hydroxylation is 1. The molecule has 1 aliphatic carbocycles. The molecule has 0 spiro atoms. The number of carbonyl (C=O) groups excluding carboxylic acids is 1. The molecule has 0 aromatic heterocycles. The van der Waals surface area contributed by atoms with Crippen molar-refractivity contribution in [2.75, 3.05) is 32.7 Å². The smallest absolute Gasteiger partial charge is 0.259 e. The van der Waals surface area contributed by atoms with Gasteiger partial charge < -0.3 is 4.90 Å². The molecular weight excluding hydrogens is 372 g/mol. The fourth-order valence-corrected chi connectivity index (χ4v) is 4.91. The molecule has 0 saturated carbocycles. The minimum absolute atomic E-state index is 0.145. The number of hydrogen-bond donors (Lipinski definition) is 0. The third kappa shape index (κ3) is 3.63. The SMILES string of the molecule is Cc1ccccc1CN1C(=O)C2=C(CCN(CCC3=CCCC=C3)C2)N2CCN=C12. The van der Waals surface area contributed by atoms with Crippen LogP contribution in [0.1, 0.15) is 36.8 Å². The largest absolute Gasteiger partial charge is 0.314 e. The average molecular weight is 403 g/mol. The van der Waals surface area contributed by atoms with Crippen molar-refractivity contribution in [2.45, 2.75) is 39.2 Å². The Hall–Kier alpha value is -2.66. The highest BCUT2D eigenvalue weighted by atomic mass is 16.2. The maximum atomic E-state index is 13.6. The van der Waals surface area contributed by atoms with Crippen LogP contribution in [0.3, 0.4) is 0 Å². The molecule has 0 N–H and O–H groups in total. The second kappa shape index (κ2) is 8.23. The van der Waals surface area contributed by atoms with Crippen LogP contribution in [0, 0.1) is 6.92 Å². The molecule has 3 heterocycles. The van der Waals surface area contributed by atoms with Crippen LogP contribution < -0.4 is 0 Å². The topological polar surface area (TPSA) is 39.2 Å². The molecule has 0 bridgehead atoms. The molecule has 30 heavy (non-hydrogen) atoms. The van der Waals surface area contributed by atoms with Crippen LogP contribution in [0.25, 0.3) is 0 Å². The van der Waals surface area contributed by atoms with Crippen molar-refractivity contribution < 1.29 is 4.79 Å². The minimum atomic E-state index is 0.145. The standard InChI is InChI=1S/C25H30N4O/c1-19-7-5-6-10-21(19)17-29-24(30)22-18-27(14-11-20-8-3-2-4-9-20)15-12-23(22)28-16-13-26-25(28)29/h3,5-10H,2,4,11-18H2,1H3. The first-order chi connectivity index (χ1) is 14.7. The van der Waals surface area contributed by atoms with Gasteiger partial charge in [-0.2, -0.15) is 0 Å². The zero-order valence-electron chi connectivity index (χ0n) is 17.8. The van der Waals surface area contributed by atoms with Gasteiger partial charge in [-0.1, -0.05) is 48.1 Å². The monoisotopic (exact) mass is 402 g/mol. The van der Waals surface area contributed by atoms with E-state index in [1.807, 2.05) is 17.0 Å². The van der Waals surface area contributed by atoms with E-state index in [0.29, 0.717) is 6.54 Å². The summed E-state index contributed by atoms with van der Waals surface area (Å²) in [6, 6.07) is 8.32. The van der Waals surface area contributed by atoms with Crippen molar-refractivity contribution in [2.24, 2.45) is 4.99 Å². The number of nitrogens with zero attached hydrogens (tertiary/aromatic N) is 4. The van der Waals surface area contributed by atoms with Crippen LogP contribution in [-0.4, -0.2) is 59.3 Å². The van der Waals surface area contributed by atoms with E-state index in [-0.39, 0.29) is 5.91 Å². The van der Waals surface area contributed by atoms with E-state index in [4.69, 9.17) is 4.99 Å². The van der Waals surface area contributed by atoms with Gasteiger partial charge in [-0.25, -0.2) is 0 Å². The van der Waals surface area contributed by atoms with E-state index < -0.39 is 0 Å². The van der Waals surface area contributed by atoms with Gasteiger partial charge in [-0.15, -0.1) is 0 Å². The van der Waals surface area contributed by atoms with Gasteiger partial charge in [-0.3, -0.25) is 19.6 Å². The lowest BCUT2D eigenvalue weighted by Crippen LogP contribution is -2.53. The summed E-state index contributed by atoms with van der Waals surface area (Å²) in [6.07, 6.45) is 11.2. The number of aliphatic imine (C=N–C) groups is 1. The second-order valence-corrected chi connectivity index (χ2v) is 8.61. The summed E-state index contributed by atoms with van der Waals surface area (Å²) in [4.78, 5) is 24.9. The normalized spacial score (nSPS) is 21.6.